The van der Waals surface area contributed by atoms with E-state index in [0.717, 1.165) is 12.5 Å². The fourth-order valence-corrected chi connectivity index (χ4v) is 1.73. The number of hydrogen-bond acceptors (Lipinski definition) is 4. The quantitative estimate of drug-likeness (QED) is 0.738. The molecule has 1 aromatic heterocycles. The highest BCUT2D eigenvalue weighted by molar-refractivity contribution is 5.27. The van der Waals surface area contributed by atoms with Gasteiger partial charge < -0.3 is 10.1 Å². The van der Waals surface area contributed by atoms with Crippen molar-refractivity contribution in [3.05, 3.63) is 12.3 Å². The van der Waals surface area contributed by atoms with Gasteiger partial charge in [0.05, 0.1) is 6.10 Å². The van der Waals surface area contributed by atoms with Crippen molar-refractivity contribution in [3.8, 4) is 5.88 Å². The molecule has 0 unspecified atom stereocenters. The first-order chi connectivity index (χ1) is 8.24. The normalized spacial score (nSPS) is 15.0. The number of hydrogen-bond donors (Lipinski definition) is 1. The molecule has 0 atom stereocenters. The van der Waals surface area contributed by atoms with Crippen LogP contribution in [0.2, 0.25) is 0 Å². The van der Waals surface area contributed by atoms with Crippen LogP contribution in [0.25, 0.3) is 0 Å². The molecular weight excluding hydrogens is 214 g/mol. The summed E-state index contributed by atoms with van der Waals surface area (Å²) >= 11 is 0. The van der Waals surface area contributed by atoms with Crippen LogP contribution in [0.5, 0.6) is 5.88 Å². The Bertz CT molecular complexity index is 350. The third-order valence-electron chi connectivity index (χ3n) is 2.76. The lowest BCUT2D eigenvalue weighted by atomic mass is 10.2. The van der Waals surface area contributed by atoms with E-state index in [9.17, 15) is 0 Å². The average molecular weight is 235 g/mol. The number of nitrogens with zero attached hydrogens (tertiary/aromatic N) is 2. The minimum Gasteiger partial charge on any atom is -0.475 e. The molecule has 1 heterocycles. The zero-order valence-electron chi connectivity index (χ0n) is 10.6. The third-order valence-corrected chi connectivity index (χ3v) is 2.76. The van der Waals surface area contributed by atoms with Gasteiger partial charge in [-0.15, -0.1) is 0 Å². The number of ether oxygens (including phenoxy) is 1. The van der Waals surface area contributed by atoms with Gasteiger partial charge in [0.1, 0.15) is 0 Å². The van der Waals surface area contributed by atoms with E-state index in [-0.39, 0.29) is 6.10 Å². The van der Waals surface area contributed by atoms with E-state index in [4.69, 9.17) is 4.74 Å². The summed E-state index contributed by atoms with van der Waals surface area (Å²) in [6.45, 7) is 4.93. The summed E-state index contributed by atoms with van der Waals surface area (Å²) in [7, 11) is 0. The number of aromatic nitrogens is 2. The number of rotatable bonds is 7. The second kappa shape index (κ2) is 5.84. The topological polar surface area (TPSA) is 47.0 Å². The van der Waals surface area contributed by atoms with Gasteiger partial charge in [0.15, 0.2) is 0 Å². The minimum absolute atomic E-state index is 0.146. The molecule has 1 saturated carbocycles. The van der Waals surface area contributed by atoms with Crippen LogP contribution in [0.15, 0.2) is 12.3 Å². The van der Waals surface area contributed by atoms with E-state index in [1.54, 1.807) is 12.3 Å². The summed E-state index contributed by atoms with van der Waals surface area (Å²) in [5.74, 6) is 2.30. The predicted molar refractivity (Wildman–Crippen MR) is 68.2 cm³/mol. The van der Waals surface area contributed by atoms with E-state index in [1.807, 2.05) is 13.8 Å². The van der Waals surface area contributed by atoms with Crippen LogP contribution < -0.4 is 10.1 Å². The second-order valence-electron chi connectivity index (χ2n) is 4.90. The van der Waals surface area contributed by atoms with Crippen LogP contribution in [-0.2, 0) is 0 Å². The van der Waals surface area contributed by atoms with Crippen molar-refractivity contribution >= 4 is 5.95 Å². The summed E-state index contributed by atoms with van der Waals surface area (Å²) in [6, 6.07) is 1.79. The number of nitrogens with one attached hydrogen (secondary N) is 1. The Morgan fingerprint density at radius 2 is 2.29 bits per heavy atom. The van der Waals surface area contributed by atoms with Crippen LogP contribution in [0.4, 0.5) is 5.95 Å². The van der Waals surface area contributed by atoms with Crippen LogP contribution >= 0.6 is 0 Å². The summed E-state index contributed by atoms with van der Waals surface area (Å²) in [4.78, 5) is 8.48. The largest absolute Gasteiger partial charge is 0.475 e. The van der Waals surface area contributed by atoms with Crippen molar-refractivity contribution in [1.82, 2.24) is 9.97 Å². The first-order valence-electron chi connectivity index (χ1n) is 6.47. The molecule has 0 amide bonds. The Morgan fingerprint density at radius 1 is 1.47 bits per heavy atom. The molecule has 0 bridgehead atoms. The van der Waals surface area contributed by atoms with Gasteiger partial charge in [-0.05, 0) is 32.6 Å². The molecule has 4 nitrogen and oxygen atoms in total. The summed E-state index contributed by atoms with van der Waals surface area (Å²) < 4.78 is 5.52. The third kappa shape index (κ3) is 4.59. The van der Waals surface area contributed by atoms with Crippen LogP contribution in [-0.4, -0.2) is 22.6 Å². The number of anilines is 1. The van der Waals surface area contributed by atoms with Gasteiger partial charge in [-0.1, -0.05) is 12.8 Å². The molecule has 4 heteroatoms. The Kier molecular flexibility index (Phi) is 4.18. The Labute approximate surface area is 103 Å². The van der Waals surface area contributed by atoms with Crippen molar-refractivity contribution in [2.75, 3.05) is 11.9 Å². The van der Waals surface area contributed by atoms with Gasteiger partial charge in [0, 0.05) is 18.8 Å². The molecule has 0 saturated heterocycles. The first kappa shape index (κ1) is 12.1. The van der Waals surface area contributed by atoms with Gasteiger partial charge in [-0.3, -0.25) is 0 Å². The van der Waals surface area contributed by atoms with E-state index >= 15 is 0 Å². The van der Waals surface area contributed by atoms with E-state index in [0.29, 0.717) is 11.8 Å². The molecule has 1 aromatic rings. The standard InChI is InChI=1S/C13H21N3O/c1-10(2)17-12-7-9-15-13(16-12)14-8-3-4-11-5-6-11/h7,9-11H,3-6,8H2,1-2H3,(H,14,15,16). The fraction of sp³-hybridized carbons (Fsp3) is 0.692. The van der Waals surface area contributed by atoms with Crippen molar-refractivity contribution in [2.24, 2.45) is 5.92 Å². The van der Waals surface area contributed by atoms with Crippen molar-refractivity contribution < 1.29 is 4.74 Å². The van der Waals surface area contributed by atoms with E-state index < -0.39 is 0 Å². The summed E-state index contributed by atoms with van der Waals surface area (Å²) in [6.07, 6.45) is 7.25. The maximum atomic E-state index is 5.52. The molecule has 2 rings (SSSR count). The zero-order chi connectivity index (χ0) is 12.1. The van der Waals surface area contributed by atoms with E-state index in [1.165, 1.54) is 25.7 Å². The Hall–Kier alpha value is -1.32. The molecule has 0 aliphatic heterocycles. The fourth-order valence-electron chi connectivity index (χ4n) is 1.73. The lowest BCUT2D eigenvalue weighted by molar-refractivity contribution is 0.232. The highest BCUT2D eigenvalue weighted by Gasteiger charge is 2.19. The molecular formula is C13H21N3O. The molecule has 1 aliphatic rings. The smallest absolute Gasteiger partial charge is 0.225 e. The predicted octanol–water partition coefficient (Wildman–Crippen LogP) is 2.87. The summed E-state index contributed by atoms with van der Waals surface area (Å²) in [5.41, 5.74) is 0. The first-order valence-corrected chi connectivity index (χ1v) is 6.47. The molecule has 1 fully saturated rings. The molecule has 94 valence electrons. The Morgan fingerprint density at radius 3 is 3.00 bits per heavy atom. The zero-order valence-corrected chi connectivity index (χ0v) is 10.6. The molecule has 0 aromatic carbocycles. The van der Waals surface area contributed by atoms with Gasteiger partial charge in [0.2, 0.25) is 11.8 Å². The average Bonchev–Trinajstić information content (AvgIpc) is 3.08. The van der Waals surface area contributed by atoms with Crippen LogP contribution in [0, 0.1) is 5.92 Å². The van der Waals surface area contributed by atoms with Gasteiger partial charge >= 0.3 is 0 Å². The van der Waals surface area contributed by atoms with Crippen LogP contribution in [0.3, 0.4) is 0 Å². The van der Waals surface area contributed by atoms with E-state index in [2.05, 4.69) is 15.3 Å². The maximum absolute atomic E-state index is 5.52. The highest BCUT2D eigenvalue weighted by Crippen LogP contribution is 2.33. The summed E-state index contributed by atoms with van der Waals surface area (Å²) in [5, 5.41) is 3.24. The van der Waals surface area contributed by atoms with Crippen LogP contribution in [0.1, 0.15) is 39.5 Å². The molecule has 1 N–H and O–H groups in total. The van der Waals surface area contributed by atoms with Gasteiger partial charge in [-0.2, -0.15) is 4.98 Å². The minimum atomic E-state index is 0.146. The van der Waals surface area contributed by atoms with Crippen molar-refractivity contribution in [1.29, 1.82) is 0 Å². The Balaban J connectivity index is 1.74. The van der Waals surface area contributed by atoms with Gasteiger partial charge in [0.25, 0.3) is 0 Å². The molecule has 17 heavy (non-hydrogen) atoms. The second-order valence-corrected chi connectivity index (χ2v) is 4.90. The van der Waals surface area contributed by atoms with Crippen molar-refractivity contribution in [2.45, 2.75) is 45.6 Å². The highest BCUT2D eigenvalue weighted by atomic mass is 16.5. The van der Waals surface area contributed by atoms with Crippen molar-refractivity contribution in [3.63, 3.8) is 0 Å². The monoisotopic (exact) mass is 235 g/mol. The maximum Gasteiger partial charge on any atom is 0.225 e. The molecule has 1 aliphatic carbocycles. The molecule has 0 spiro atoms. The SMILES string of the molecule is CC(C)Oc1ccnc(NCCCC2CC2)n1. The van der Waals surface area contributed by atoms with Gasteiger partial charge in [-0.25, -0.2) is 4.98 Å². The molecule has 0 radical (unpaired) electrons. The lowest BCUT2D eigenvalue weighted by Gasteiger charge is -2.09. The lowest BCUT2D eigenvalue weighted by Crippen LogP contribution is -2.10.